The third kappa shape index (κ3) is 4.57. The first kappa shape index (κ1) is 16.0. The summed E-state index contributed by atoms with van der Waals surface area (Å²) in [7, 11) is 0. The van der Waals surface area contributed by atoms with E-state index in [0.717, 1.165) is 29.3 Å². The topological polar surface area (TPSA) is 52.0 Å². The Labute approximate surface area is 140 Å². The van der Waals surface area contributed by atoms with E-state index in [4.69, 9.17) is 11.5 Å². The average molecular weight is 502 g/mol. The summed E-state index contributed by atoms with van der Waals surface area (Å²) in [6.07, 6.45) is 0. The van der Waals surface area contributed by atoms with Gasteiger partial charge in [0.15, 0.2) is 0 Å². The summed E-state index contributed by atoms with van der Waals surface area (Å²) in [5, 5.41) is 0. The molecule has 2 nitrogen and oxygen atoms in total. The molecule has 2 aromatic carbocycles. The van der Waals surface area contributed by atoms with Gasteiger partial charge in [0, 0.05) is 17.9 Å². The molecule has 0 saturated carbocycles. The molecule has 4 N–H and O–H groups in total. The molecule has 0 aliphatic rings. The van der Waals surface area contributed by atoms with Crippen LogP contribution in [0.3, 0.4) is 0 Å². The van der Waals surface area contributed by atoms with Crippen molar-refractivity contribution in [1.29, 1.82) is 0 Å². The number of halogens is 4. The van der Waals surface area contributed by atoms with Crippen molar-refractivity contribution in [1.82, 2.24) is 0 Å². The minimum absolute atomic E-state index is 0.748. The molecular formula is C12H10Br4N2. The van der Waals surface area contributed by atoms with Crippen molar-refractivity contribution in [2.45, 2.75) is 0 Å². The normalized spacial score (nSPS) is 9.56. The summed E-state index contributed by atoms with van der Waals surface area (Å²) >= 11 is 13.2. The van der Waals surface area contributed by atoms with Crippen LogP contribution >= 0.6 is 63.7 Å². The molecule has 0 amide bonds. The summed E-state index contributed by atoms with van der Waals surface area (Å²) in [6, 6.07) is 11.5. The summed E-state index contributed by atoms with van der Waals surface area (Å²) < 4.78 is 3.71. The van der Waals surface area contributed by atoms with Crippen molar-refractivity contribution in [3.8, 4) is 0 Å². The van der Waals surface area contributed by atoms with Crippen LogP contribution in [0.15, 0.2) is 54.3 Å². The first-order valence-electron chi connectivity index (χ1n) is 4.82. The molecular weight excluding hydrogens is 492 g/mol. The third-order valence-electron chi connectivity index (χ3n) is 2.00. The molecule has 96 valence electrons. The average Bonchev–Trinajstić information content (AvgIpc) is 2.34. The van der Waals surface area contributed by atoms with Gasteiger partial charge >= 0.3 is 0 Å². The zero-order chi connectivity index (χ0) is 13.7. The van der Waals surface area contributed by atoms with E-state index >= 15 is 0 Å². The molecule has 0 heterocycles. The Morgan fingerprint density at radius 2 is 0.778 bits per heavy atom. The summed E-state index contributed by atoms with van der Waals surface area (Å²) in [5.41, 5.74) is 12.7. The lowest BCUT2D eigenvalue weighted by Crippen LogP contribution is -1.86. The van der Waals surface area contributed by atoms with Crippen LogP contribution < -0.4 is 11.5 Å². The fourth-order valence-corrected chi connectivity index (χ4v) is 3.02. The highest BCUT2D eigenvalue weighted by atomic mass is 79.9. The third-order valence-corrected chi connectivity index (χ3v) is 4.77. The highest BCUT2D eigenvalue weighted by molar-refractivity contribution is 9.11. The van der Waals surface area contributed by atoms with Crippen LogP contribution in [0.2, 0.25) is 0 Å². The molecule has 0 spiro atoms. The van der Waals surface area contributed by atoms with Gasteiger partial charge in [0.25, 0.3) is 0 Å². The van der Waals surface area contributed by atoms with Crippen molar-refractivity contribution >= 4 is 75.1 Å². The van der Waals surface area contributed by atoms with E-state index in [1.807, 2.05) is 36.4 Å². The molecule has 0 bridgehead atoms. The monoisotopic (exact) mass is 498 g/mol. The fourth-order valence-electron chi connectivity index (χ4n) is 1.02. The van der Waals surface area contributed by atoms with Gasteiger partial charge in [0.2, 0.25) is 0 Å². The van der Waals surface area contributed by atoms with Crippen LogP contribution in [0.25, 0.3) is 0 Å². The predicted molar refractivity (Wildman–Crippen MR) is 92.5 cm³/mol. The second kappa shape index (κ2) is 7.53. The second-order valence-electron chi connectivity index (χ2n) is 3.27. The van der Waals surface area contributed by atoms with E-state index < -0.39 is 0 Å². The Kier molecular flexibility index (Phi) is 6.70. The van der Waals surface area contributed by atoms with Gasteiger partial charge in [0.05, 0.1) is 11.4 Å². The van der Waals surface area contributed by atoms with Gasteiger partial charge in [-0.05, 0) is 88.0 Å². The van der Waals surface area contributed by atoms with Crippen LogP contribution in [0.5, 0.6) is 0 Å². The zero-order valence-electron chi connectivity index (χ0n) is 9.13. The number of hydrogen-bond acceptors (Lipinski definition) is 2. The minimum Gasteiger partial charge on any atom is -0.397 e. The highest BCUT2D eigenvalue weighted by Crippen LogP contribution is 2.27. The molecule has 0 atom stereocenters. The molecule has 0 aliphatic heterocycles. The standard InChI is InChI=1S/2C6H5Br2N/c2*7-4-2-1-3-5(8)6(4)9/h2*1-3H,9H2. The molecule has 0 aromatic heterocycles. The van der Waals surface area contributed by atoms with E-state index in [1.165, 1.54) is 0 Å². The van der Waals surface area contributed by atoms with Crippen molar-refractivity contribution in [2.24, 2.45) is 0 Å². The lowest BCUT2D eigenvalue weighted by atomic mass is 10.3. The van der Waals surface area contributed by atoms with Crippen LogP contribution in [-0.2, 0) is 0 Å². The summed E-state index contributed by atoms with van der Waals surface area (Å²) in [6.45, 7) is 0. The van der Waals surface area contributed by atoms with E-state index in [9.17, 15) is 0 Å². The first-order chi connectivity index (χ1) is 8.43. The largest absolute Gasteiger partial charge is 0.397 e. The number of hydrogen-bond donors (Lipinski definition) is 2. The Morgan fingerprint density at radius 3 is 0.944 bits per heavy atom. The molecule has 0 radical (unpaired) electrons. The number of para-hydroxylation sites is 2. The zero-order valence-corrected chi connectivity index (χ0v) is 15.5. The molecule has 0 fully saturated rings. The highest BCUT2D eigenvalue weighted by Gasteiger charge is 1.96. The van der Waals surface area contributed by atoms with Crippen molar-refractivity contribution in [3.63, 3.8) is 0 Å². The quantitative estimate of drug-likeness (QED) is 0.463. The van der Waals surface area contributed by atoms with Crippen LogP contribution in [0.1, 0.15) is 0 Å². The summed E-state index contributed by atoms with van der Waals surface area (Å²) in [5.74, 6) is 0. The molecule has 6 heteroatoms. The van der Waals surface area contributed by atoms with Crippen LogP contribution in [0.4, 0.5) is 11.4 Å². The number of nitrogens with two attached hydrogens (primary N) is 2. The molecule has 0 unspecified atom stereocenters. The number of nitrogen functional groups attached to an aromatic ring is 2. The molecule has 0 aliphatic carbocycles. The lowest BCUT2D eigenvalue weighted by molar-refractivity contribution is 1.59. The maximum Gasteiger partial charge on any atom is 0.0602 e. The number of benzene rings is 2. The molecule has 18 heavy (non-hydrogen) atoms. The minimum atomic E-state index is 0.748. The Hall–Kier alpha value is -0.0400. The maximum atomic E-state index is 5.59. The predicted octanol–water partition coefficient (Wildman–Crippen LogP) is 5.59. The number of rotatable bonds is 0. The SMILES string of the molecule is Nc1c(Br)cccc1Br.Nc1c(Br)cccc1Br. The van der Waals surface area contributed by atoms with Gasteiger partial charge in [-0.25, -0.2) is 0 Å². The molecule has 0 saturated heterocycles. The van der Waals surface area contributed by atoms with Crippen LogP contribution in [-0.4, -0.2) is 0 Å². The van der Waals surface area contributed by atoms with E-state index in [1.54, 1.807) is 0 Å². The van der Waals surface area contributed by atoms with Gasteiger partial charge in [-0.3, -0.25) is 0 Å². The Bertz CT molecular complexity index is 454. The second-order valence-corrected chi connectivity index (χ2v) is 6.69. The van der Waals surface area contributed by atoms with Gasteiger partial charge in [-0.2, -0.15) is 0 Å². The lowest BCUT2D eigenvalue weighted by Gasteiger charge is -1.97. The number of anilines is 2. The molecule has 2 rings (SSSR count). The Morgan fingerprint density at radius 1 is 0.556 bits per heavy atom. The van der Waals surface area contributed by atoms with Crippen molar-refractivity contribution in [2.75, 3.05) is 11.5 Å². The summed E-state index contributed by atoms with van der Waals surface area (Å²) in [4.78, 5) is 0. The van der Waals surface area contributed by atoms with E-state index in [0.29, 0.717) is 0 Å². The van der Waals surface area contributed by atoms with Gasteiger partial charge in [-0.1, -0.05) is 12.1 Å². The van der Waals surface area contributed by atoms with Crippen LogP contribution in [0, 0.1) is 0 Å². The van der Waals surface area contributed by atoms with Gasteiger partial charge in [-0.15, -0.1) is 0 Å². The van der Waals surface area contributed by atoms with Crippen molar-refractivity contribution < 1.29 is 0 Å². The molecule has 2 aromatic rings. The van der Waals surface area contributed by atoms with Gasteiger partial charge in [0.1, 0.15) is 0 Å². The van der Waals surface area contributed by atoms with E-state index in [2.05, 4.69) is 63.7 Å². The smallest absolute Gasteiger partial charge is 0.0602 e. The van der Waals surface area contributed by atoms with E-state index in [-0.39, 0.29) is 0 Å². The van der Waals surface area contributed by atoms with Crippen molar-refractivity contribution in [3.05, 3.63) is 54.3 Å². The Balaban J connectivity index is 0.000000180. The van der Waals surface area contributed by atoms with Gasteiger partial charge < -0.3 is 11.5 Å². The fraction of sp³-hybridized carbons (Fsp3) is 0. The maximum absolute atomic E-state index is 5.59. The first-order valence-corrected chi connectivity index (χ1v) is 7.99.